The van der Waals surface area contributed by atoms with Crippen LogP contribution in [0.4, 0.5) is 11.4 Å². The van der Waals surface area contributed by atoms with E-state index < -0.39 is 4.92 Å². The van der Waals surface area contributed by atoms with Crippen molar-refractivity contribution < 1.29 is 4.92 Å². The number of hydrogen-bond acceptors (Lipinski definition) is 4. The minimum absolute atomic E-state index is 0.0797. The van der Waals surface area contributed by atoms with E-state index in [2.05, 4.69) is 5.32 Å². The molecule has 1 rings (SSSR count). The number of halogens is 2. The van der Waals surface area contributed by atoms with Crippen molar-refractivity contribution in [2.45, 2.75) is 19.4 Å². The Kier molecular flexibility index (Phi) is 5.01. The maximum Gasteiger partial charge on any atom is 0.293 e. The summed E-state index contributed by atoms with van der Waals surface area (Å²) in [6, 6.07) is 2.74. The summed E-state index contributed by atoms with van der Waals surface area (Å²) in [6.07, 6.45) is 0. The van der Waals surface area contributed by atoms with Crippen molar-refractivity contribution in [2.24, 2.45) is 0 Å². The van der Waals surface area contributed by atoms with Crippen LogP contribution in [0.2, 0.25) is 10.0 Å². The molecule has 106 valence electrons. The van der Waals surface area contributed by atoms with Gasteiger partial charge in [-0.25, -0.2) is 0 Å². The van der Waals surface area contributed by atoms with Gasteiger partial charge >= 0.3 is 0 Å². The highest BCUT2D eigenvalue weighted by Gasteiger charge is 2.23. The first-order valence-corrected chi connectivity index (χ1v) is 6.45. The van der Waals surface area contributed by atoms with Crippen LogP contribution in [0.15, 0.2) is 12.1 Å². The third-order valence-corrected chi connectivity index (χ3v) is 3.88. The van der Waals surface area contributed by atoms with Crippen LogP contribution in [0.5, 0.6) is 0 Å². The van der Waals surface area contributed by atoms with E-state index in [0.717, 1.165) is 0 Å². The molecule has 0 spiro atoms. The van der Waals surface area contributed by atoms with Crippen LogP contribution >= 0.6 is 23.2 Å². The molecule has 1 aromatic rings. The lowest BCUT2D eigenvalue weighted by molar-refractivity contribution is -0.383. The fourth-order valence-electron chi connectivity index (χ4n) is 1.30. The fraction of sp³-hybridized carbons (Fsp3) is 0.500. The van der Waals surface area contributed by atoms with E-state index in [1.807, 2.05) is 32.8 Å². The number of benzene rings is 1. The van der Waals surface area contributed by atoms with Crippen molar-refractivity contribution in [3.8, 4) is 0 Å². The van der Waals surface area contributed by atoms with E-state index >= 15 is 0 Å². The second-order valence-corrected chi connectivity index (χ2v) is 5.92. The van der Waals surface area contributed by atoms with Crippen LogP contribution in [0.3, 0.4) is 0 Å². The maximum atomic E-state index is 11.0. The van der Waals surface area contributed by atoms with Gasteiger partial charge in [-0.1, -0.05) is 23.2 Å². The molecule has 1 N–H and O–H groups in total. The third-order valence-electron chi connectivity index (χ3n) is 3.16. The number of nitro groups is 1. The summed E-state index contributed by atoms with van der Waals surface area (Å²) in [5, 5.41) is 14.5. The van der Waals surface area contributed by atoms with Gasteiger partial charge in [-0.2, -0.15) is 0 Å². The minimum atomic E-state index is -0.479. The van der Waals surface area contributed by atoms with E-state index in [0.29, 0.717) is 12.2 Å². The van der Waals surface area contributed by atoms with Gasteiger partial charge in [0, 0.05) is 18.2 Å². The largest absolute Gasteiger partial charge is 0.378 e. The van der Waals surface area contributed by atoms with Crippen molar-refractivity contribution in [1.29, 1.82) is 0 Å². The number of nitrogens with one attached hydrogen (secondary N) is 1. The molecule has 0 saturated heterocycles. The van der Waals surface area contributed by atoms with Crippen molar-refractivity contribution in [3.05, 3.63) is 32.3 Å². The summed E-state index contributed by atoms with van der Waals surface area (Å²) in [6.45, 7) is 4.60. The number of nitro benzene ring substituents is 1. The summed E-state index contributed by atoms with van der Waals surface area (Å²) in [5.41, 5.74) is 0.137. The van der Waals surface area contributed by atoms with Gasteiger partial charge in [0.1, 0.15) is 5.69 Å². The molecule has 1 aromatic carbocycles. The lowest BCUT2D eigenvalue weighted by Crippen LogP contribution is -2.44. The second kappa shape index (κ2) is 5.94. The first-order chi connectivity index (χ1) is 8.65. The second-order valence-electron chi connectivity index (χ2n) is 5.10. The Balaban J connectivity index is 3.01. The molecule has 0 saturated carbocycles. The number of nitrogens with zero attached hydrogens (tertiary/aromatic N) is 2. The number of likely N-dealkylation sites (N-methyl/N-ethyl adjacent to an activating group) is 1. The van der Waals surface area contributed by atoms with E-state index in [9.17, 15) is 10.1 Å². The van der Waals surface area contributed by atoms with Crippen LogP contribution in [0.1, 0.15) is 13.8 Å². The Bertz CT molecular complexity index is 490. The van der Waals surface area contributed by atoms with Gasteiger partial charge in [0.05, 0.1) is 15.0 Å². The summed E-state index contributed by atoms with van der Waals surface area (Å²) in [5.74, 6) is 0. The average Bonchev–Trinajstić information content (AvgIpc) is 2.29. The third kappa shape index (κ3) is 3.96. The predicted molar refractivity (Wildman–Crippen MR) is 79.4 cm³/mol. The van der Waals surface area contributed by atoms with Gasteiger partial charge in [0.2, 0.25) is 0 Å². The molecular formula is C12H17Cl2N3O2. The maximum absolute atomic E-state index is 11.0. The molecule has 7 heteroatoms. The van der Waals surface area contributed by atoms with Gasteiger partial charge in [-0.15, -0.1) is 0 Å². The number of hydrogen-bond donors (Lipinski definition) is 1. The topological polar surface area (TPSA) is 58.4 Å². The molecule has 5 nitrogen and oxygen atoms in total. The Labute approximate surface area is 122 Å². The van der Waals surface area contributed by atoms with Crippen molar-refractivity contribution in [3.63, 3.8) is 0 Å². The highest BCUT2D eigenvalue weighted by Crippen LogP contribution is 2.34. The smallest absolute Gasteiger partial charge is 0.293 e. The van der Waals surface area contributed by atoms with Crippen LogP contribution in [-0.2, 0) is 0 Å². The van der Waals surface area contributed by atoms with Gasteiger partial charge in [-0.05, 0) is 34.0 Å². The number of anilines is 1. The molecule has 0 fully saturated rings. The normalized spacial score (nSPS) is 11.7. The van der Waals surface area contributed by atoms with Crippen molar-refractivity contribution in [1.82, 2.24) is 4.90 Å². The first kappa shape index (κ1) is 16.0. The average molecular weight is 306 g/mol. The van der Waals surface area contributed by atoms with Crippen LogP contribution < -0.4 is 5.32 Å². The molecule has 0 aliphatic heterocycles. The van der Waals surface area contributed by atoms with E-state index in [4.69, 9.17) is 23.2 Å². The summed E-state index contributed by atoms with van der Waals surface area (Å²) < 4.78 is 0. The van der Waals surface area contributed by atoms with Crippen LogP contribution in [0, 0.1) is 10.1 Å². The first-order valence-electron chi connectivity index (χ1n) is 5.70. The van der Waals surface area contributed by atoms with E-state index in [1.54, 1.807) is 0 Å². The van der Waals surface area contributed by atoms with Gasteiger partial charge in [0.25, 0.3) is 5.69 Å². The van der Waals surface area contributed by atoms with Crippen molar-refractivity contribution >= 4 is 34.6 Å². The molecule has 0 aliphatic rings. The van der Waals surface area contributed by atoms with Gasteiger partial charge < -0.3 is 10.2 Å². The Morgan fingerprint density at radius 1 is 1.32 bits per heavy atom. The highest BCUT2D eigenvalue weighted by molar-refractivity contribution is 6.42. The zero-order valence-electron chi connectivity index (χ0n) is 11.3. The molecule has 0 atom stereocenters. The molecule has 0 amide bonds. The summed E-state index contributed by atoms with van der Waals surface area (Å²) in [4.78, 5) is 12.5. The molecule has 19 heavy (non-hydrogen) atoms. The van der Waals surface area contributed by atoms with Gasteiger partial charge in [-0.3, -0.25) is 10.1 Å². The molecule has 0 aliphatic carbocycles. The number of rotatable bonds is 5. The lowest BCUT2D eigenvalue weighted by Gasteiger charge is -2.33. The SMILES string of the molecule is CN(C)C(C)(C)CNc1cc(Cl)c(Cl)cc1[N+](=O)[O-]. The molecular weight excluding hydrogens is 289 g/mol. The van der Waals surface area contributed by atoms with E-state index in [1.165, 1.54) is 12.1 Å². The fourth-order valence-corrected chi connectivity index (χ4v) is 1.62. The van der Waals surface area contributed by atoms with E-state index in [-0.39, 0.29) is 21.3 Å². The molecule has 0 aromatic heterocycles. The highest BCUT2D eigenvalue weighted by atomic mass is 35.5. The predicted octanol–water partition coefficient (Wildman–Crippen LogP) is 3.65. The zero-order valence-corrected chi connectivity index (χ0v) is 12.8. The van der Waals surface area contributed by atoms with Crippen LogP contribution in [0.25, 0.3) is 0 Å². The Morgan fingerprint density at radius 3 is 2.32 bits per heavy atom. The molecule has 0 unspecified atom stereocenters. The van der Waals surface area contributed by atoms with Crippen molar-refractivity contribution in [2.75, 3.05) is 26.0 Å². The minimum Gasteiger partial charge on any atom is -0.378 e. The summed E-state index contributed by atoms with van der Waals surface area (Å²) in [7, 11) is 3.90. The molecule has 0 heterocycles. The quantitative estimate of drug-likeness (QED) is 0.666. The zero-order chi connectivity index (χ0) is 14.8. The Morgan fingerprint density at radius 2 is 1.84 bits per heavy atom. The standard InChI is InChI=1S/C12H17Cl2N3O2/c1-12(2,16(3)4)7-15-10-5-8(13)9(14)6-11(10)17(18)19/h5-6,15H,7H2,1-4H3. The molecule has 0 bridgehead atoms. The lowest BCUT2D eigenvalue weighted by atomic mass is 10.0. The summed E-state index contributed by atoms with van der Waals surface area (Å²) >= 11 is 11.7. The molecule has 0 radical (unpaired) electrons. The Hall–Kier alpha value is -1.04. The van der Waals surface area contributed by atoms with Crippen LogP contribution in [-0.4, -0.2) is 36.0 Å². The van der Waals surface area contributed by atoms with Gasteiger partial charge in [0.15, 0.2) is 0 Å². The monoisotopic (exact) mass is 305 g/mol.